The molecule has 1 aromatic carbocycles. The van der Waals surface area contributed by atoms with Crippen LogP contribution in [0.15, 0.2) is 24.3 Å². The number of carboxylic acid groups (broad SMARTS) is 1. The molecule has 0 unspecified atom stereocenters. The van der Waals surface area contributed by atoms with E-state index in [-0.39, 0.29) is 0 Å². The number of carbonyl (C=O) groups is 1. The Kier molecular flexibility index (Phi) is 2.85. The molecule has 1 saturated carbocycles. The predicted octanol–water partition coefficient (Wildman–Crippen LogP) is 1.20. The van der Waals surface area contributed by atoms with Gasteiger partial charge in [-0.1, -0.05) is 18.2 Å². The molecule has 2 rings (SSSR count). The van der Waals surface area contributed by atoms with E-state index in [1.807, 2.05) is 0 Å². The van der Waals surface area contributed by atoms with Gasteiger partial charge in [0.25, 0.3) is 0 Å². The van der Waals surface area contributed by atoms with Crippen LogP contribution < -0.4 is 4.31 Å². The first-order chi connectivity index (χ1) is 8.29. The molecular formula is C12H15NO4S. The second-order valence-corrected chi connectivity index (χ2v) is 6.65. The van der Waals surface area contributed by atoms with E-state index in [1.165, 1.54) is 7.05 Å². The van der Waals surface area contributed by atoms with Gasteiger partial charge in [0.2, 0.25) is 10.0 Å². The van der Waals surface area contributed by atoms with E-state index in [0.717, 1.165) is 10.6 Å². The third kappa shape index (κ3) is 1.96. The van der Waals surface area contributed by atoms with E-state index >= 15 is 0 Å². The van der Waals surface area contributed by atoms with E-state index in [9.17, 15) is 18.3 Å². The van der Waals surface area contributed by atoms with Gasteiger partial charge in [0.1, 0.15) is 0 Å². The fraction of sp³-hybridized carbons (Fsp3) is 0.417. The van der Waals surface area contributed by atoms with Gasteiger partial charge in [-0.05, 0) is 24.5 Å². The Morgan fingerprint density at radius 1 is 1.33 bits per heavy atom. The lowest BCUT2D eigenvalue weighted by atomic mass is 9.94. The van der Waals surface area contributed by atoms with Crippen LogP contribution in [0, 0.1) is 0 Å². The topological polar surface area (TPSA) is 74.7 Å². The molecular weight excluding hydrogens is 254 g/mol. The molecule has 1 aliphatic rings. The number of sulfonamides is 1. The van der Waals surface area contributed by atoms with Crippen molar-refractivity contribution in [2.45, 2.75) is 18.3 Å². The number of benzene rings is 1. The predicted molar refractivity (Wildman–Crippen MR) is 68.2 cm³/mol. The lowest BCUT2D eigenvalue weighted by Crippen LogP contribution is -2.29. The van der Waals surface area contributed by atoms with Gasteiger partial charge in [-0.2, -0.15) is 0 Å². The minimum Gasteiger partial charge on any atom is -0.481 e. The van der Waals surface area contributed by atoms with Crippen molar-refractivity contribution >= 4 is 21.7 Å². The maximum atomic E-state index is 11.6. The summed E-state index contributed by atoms with van der Waals surface area (Å²) in [6.07, 6.45) is 2.21. The molecule has 0 aliphatic heterocycles. The van der Waals surface area contributed by atoms with Crippen LogP contribution >= 0.6 is 0 Å². The molecule has 0 saturated heterocycles. The number of nitrogens with zero attached hydrogens (tertiary/aromatic N) is 1. The van der Waals surface area contributed by atoms with Crippen LogP contribution in [-0.4, -0.2) is 32.8 Å². The molecule has 18 heavy (non-hydrogen) atoms. The zero-order chi connectivity index (χ0) is 13.6. The van der Waals surface area contributed by atoms with Crippen molar-refractivity contribution in [3.63, 3.8) is 0 Å². The Balaban J connectivity index is 2.55. The highest BCUT2D eigenvalue weighted by atomic mass is 32.2. The number of para-hydroxylation sites is 1. The second kappa shape index (κ2) is 3.98. The summed E-state index contributed by atoms with van der Waals surface area (Å²) in [5.41, 5.74) is 0.112. The summed E-state index contributed by atoms with van der Waals surface area (Å²) in [6.45, 7) is 0. The summed E-state index contributed by atoms with van der Waals surface area (Å²) in [6, 6.07) is 6.77. The smallest absolute Gasteiger partial charge is 0.314 e. The normalized spacial score (nSPS) is 17.2. The maximum Gasteiger partial charge on any atom is 0.314 e. The standard InChI is InChI=1S/C12H15NO4S/c1-13(18(2,16)17)10-6-4-3-5-9(10)12(7-8-12)11(14)15/h3-6H,7-8H2,1-2H3,(H,14,15). The van der Waals surface area contributed by atoms with Crippen LogP contribution in [0.3, 0.4) is 0 Å². The van der Waals surface area contributed by atoms with E-state index in [4.69, 9.17) is 0 Å². The Hall–Kier alpha value is -1.56. The summed E-state index contributed by atoms with van der Waals surface area (Å²) in [5.74, 6) is -0.892. The zero-order valence-electron chi connectivity index (χ0n) is 10.3. The second-order valence-electron chi connectivity index (χ2n) is 4.63. The summed E-state index contributed by atoms with van der Waals surface area (Å²) < 4.78 is 24.3. The fourth-order valence-electron chi connectivity index (χ4n) is 2.05. The van der Waals surface area contributed by atoms with Crippen molar-refractivity contribution < 1.29 is 18.3 Å². The van der Waals surface area contributed by atoms with Crippen molar-refractivity contribution in [2.24, 2.45) is 0 Å². The lowest BCUT2D eigenvalue weighted by molar-refractivity contribution is -0.140. The Morgan fingerprint density at radius 3 is 2.33 bits per heavy atom. The lowest BCUT2D eigenvalue weighted by Gasteiger charge is -2.23. The van der Waals surface area contributed by atoms with E-state index in [0.29, 0.717) is 24.1 Å². The molecule has 1 fully saturated rings. The van der Waals surface area contributed by atoms with Gasteiger partial charge >= 0.3 is 5.97 Å². The molecule has 0 bridgehead atoms. The molecule has 0 aromatic heterocycles. The van der Waals surface area contributed by atoms with Crippen LogP contribution in [-0.2, 0) is 20.2 Å². The molecule has 6 heteroatoms. The van der Waals surface area contributed by atoms with Gasteiger partial charge in [0.05, 0.1) is 17.4 Å². The number of anilines is 1. The number of hydrogen-bond donors (Lipinski definition) is 1. The molecule has 0 atom stereocenters. The van der Waals surface area contributed by atoms with Gasteiger partial charge in [0, 0.05) is 7.05 Å². The molecule has 1 aliphatic carbocycles. The van der Waals surface area contributed by atoms with Gasteiger partial charge in [-0.25, -0.2) is 8.42 Å². The first kappa shape index (κ1) is 12.9. The first-order valence-corrected chi connectivity index (χ1v) is 7.41. The molecule has 0 amide bonds. The van der Waals surface area contributed by atoms with Crippen LogP contribution in [0.2, 0.25) is 0 Å². The minimum absolute atomic E-state index is 0.444. The molecule has 1 N–H and O–H groups in total. The molecule has 98 valence electrons. The maximum absolute atomic E-state index is 11.6. The SMILES string of the molecule is CN(c1ccccc1C1(C(=O)O)CC1)S(C)(=O)=O. The Bertz CT molecular complexity index is 590. The van der Waals surface area contributed by atoms with Crippen molar-refractivity contribution in [3.8, 4) is 0 Å². The number of aliphatic carboxylic acids is 1. The highest BCUT2D eigenvalue weighted by molar-refractivity contribution is 7.92. The van der Waals surface area contributed by atoms with Crippen LogP contribution in [0.1, 0.15) is 18.4 Å². The van der Waals surface area contributed by atoms with Gasteiger partial charge in [0.15, 0.2) is 0 Å². The van der Waals surface area contributed by atoms with Crippen LogP contribution in [0.4, 0.5) is 5.69 Å². The fourth-order valence-corrected chi connectivity index (χ4v) is 2.57. The van der Waals surface area contributed by atoms with E-state index in [1.54, 1.807) is 24.3 Å². The average molecular weight is 269 g/mol. The third-order valence-corrected chi connectivity index (χ3v) is 4.61. The summed E-state index contributed by atoms with van der Waals surface area (Å²) >= 11 is 0. The van der Waals surface area contributed by atoms with Crippen molar-refractivity contribution in [2.75, 3.05) is 17.6 Å². The Labute approximate surface area is 106 Å². The first-order valence-electron chi connectivity index (χ1n) is 5.56. The molecule has 0 spiro atoms. The largest absolute Gasteiger partial charge is 0.481 e. The minimum atomic E-state index is -3.40. The highest BCUT2D eigenvalue weighted by Gasteiger charge is 2.53. The van der Waals surface area contributed by atoms with Gasteiger partial charge in [-0.15, -0.1) is 0 Å². The molecule has 0 radical (unpaired) electrons. The summed E-state index contributed by atoms with van der Waals surface area (Å²) in [5, 5.41) is 9.30. The van der Waals surface area contributed by atoms with Crippen LogP contribution in [0.5, 0.6) is 0 Å². The molecule has 0 heterocycles. The van der Waals surface area contributed by atoms with Crippen molar-refractivity contribution in [3.05, 3.63) is 29.8 Å². The summed E-state index contributed by atoms with van der Waals surface area (Å²) in [4.78, 5) is 11.3. The highest BCUT2D eigenvalue weighted by Crippen LogP contribution is 2.51. The Morgan fingerprint density at radius 2 is 1.89 bits per heavy atom. The van der Waals surface area contributed by atoms with Gasteiger partial charge in [-0.3, -0.25) is 9.10 Å². The number of hydrogen-bond acceptors (Lipinski definition) is 3. The zero-order valence-corrected chi connectivity index (χ0v) is 11.1. The molecule has 5 nitrogen and oxygen atoms in total. The van der Waals surface area contributed by atoms with Crippen molar-refractivity contribution in [1.29, 1.82) is 0 Å². The summed E-state index contributed by atoms with van der Waals surface area (Å²) in [7, 11) is -1.96. The van der Waals surface area contributed by atoms with Crippen molar-refractivity contribution in [1.82, 2.24) is 0 Å². The number of rotatable bonds is 4. The molecule has 1 aromatic rings. The third-order valence-electron chi connectivity index (χ3n) is 3.42. The van der Waals surface area contributed by atoms with E-state index < -0.39 is 21.4 Å². The number of carboxylic acids is 1. The average Bonchev–Trinajstić information content (AvgIpc) is 3.08. The van der Waals surface area contributed by atoms with Crippen LogP contribution in [0.25, 0.3) is 0 Å². The van der Waals surface area contributed by atoms with E-state index in [2.05, 4.69) is 0 Å². The monoisotopic (exact) mass is 269 g/mol. The van der Waals surface area contributed by atoms with Gasteiger partial charge < -0.3 is 5.11 Å². The quantitative estimate of drug-likeness (QED) is 0.891.